The van der Waals surface area contributed by atoms with Crippen LogP contribution in [0.1, 0.15) is 12.0 Å². The molecule has 12 nitrogen and oxygen atoms in total. The van der Waals surface area contributed by atoms with E-state index in [1.165, 1.54) is 12.5 Å². The number of benzene rings is 2. The van der Waals surface area contributed by atoms with Crippen LogP contribution in [-0.4, -0.2) is 88.3 Å². The lowest BCUT2D eigenvalue weighted by Gasteiger charge is -2.28. The maximum absolute atomic E-state index is 13.2. The lowest BCUT2D eigenvalue weighted by atomic mass is 10.0. The maximum atomic E-state index is 13.2. The van der Waals surface area contributed by atoms with Crippen molar-refractivity contribution in [1.29, 1.82) is 0 Å². The van der Waals surface area contributed by atoms with Crippen LogP contribution in [0.2, 0.25) is 0 Å². The van der Waals surface area contributed by atoms with Gasteiger partial charge in [-0.2, -0.15) is 8.42 Å². The number of imidazole rings is 1. The molecule has 224 valence electrons. The first-order valence-corrected chi connectivity index (χ1v) is 17.0. The first-order chi connectivity index (χ1) is 20.1. The highest BCUT2D eigenvalue weighted by Gasteiger charge is 2.23. The monoisotopic (exact) mass is 613 g/mol. The topological polar surface area (TPSA) is 141 Å². The summed E-state index contributed by atoms with van der Waals surface area (Å²) < 4.78 is 54.0. The summed E-state index contributed by atoms with van der Waals surface area (Å²) in [7, 11) is -1.15. The Bertz CT molecular complexity index is 1790. The first kappa shape index (κ1) is 29.6. The van der Waals surface area contributed by atoms with Crippen LogP contribution in [-0.2, 0) is 33.0 Å². The number of hydrogen-bond donors (Lipinski definition) is 2. The molecule has 0 atom stereocenters. The molecule has 1 aliphatic heterocycles. The van der Waals surface area contributed by atoms with Crippen molar-refractivity contribution in [2.45, 2.75) is 17.9 Å². The number of nitrogens with one attached hydrogen (secondary N) is 2. The molecule has 0 radical (unpaired) electrons. The Labute approximate surface area is 246 Å². The second-order valence-electron chi connectivity index (χ2n) is 10.2. The summed E-state index contributed by atoms with van der Waals surface area (Å²) in [6, 6.07) is 10.9. The van der Waals surface area contributed by atoms with Crippen LogP contribution in [0.4, 0.5) is 17.3 Å². The third-order valence-corrected chi connectivity index (χ3v) is 10.2. The Kier molecular flexibility index (Phi) is 8.57. The predicted molar refractivity (Wildman–Crippen MR) is 166 cm³/mol. The molecule has 1 saturated heterocycles. The third-order valence-electron chi connectivity index (χ3n) is 7.11. The van der Waals surface area contributed by atoms with Crippen molar-refractivity contribution in [2.75, 3.05) is 55.4 Å². The molecule has 0 saturated carbocycles. The van der Waals surface area contributed by atoms with Crippen molar-refractivity contribution in [3.8, 4) is 11.5 Å². The summed E-state index contributed by atoms with van der Waals surface area (Å²) in [5.74, 6) is 6.51. The molecule has 2 aromatic heterocycles. The summed E-state index contributed by atoms with van der Waals surface area (Å²) in [6.45, 7) is 2.36. The fourth-order valence-corrected chi connectivity index (χ4v) is 7.17. The first-order valence-electron chi connectivity index (χ1n) is 13.4. The van der Waals surface area contributed by atoms with E-state index in [-0.39, 0.29) is 16.7 Å². The molecule has 2 N–H and O–H groups in total. The second-order valence-corrected chi connectivity index (χ2v) is 14.6. The number of methoxy groups -OCH3 is 2. The summed E-state index contributed by atoms with van der Waals surface area (Å²) in [6.07, 6.45) is 4.29. The lowest BCUT2D eigenvalue weighted by Crippen LogP contribution is -2.40. The van der Waals surface area contributed by atoms with Crippen LogP contribution in [0.15, 0.2) is 53.9 Å². The summed E-state index contributed by atoms with van der Waals surface area (Å²) >= 11 is 0. The zero-order valence-electron chi connectivity index (χ0n) is 23.9. The number of rotatable bonds is 11. The molecule has 0 unspecified atom stereocenters. The van der Waals surface area contributed by atoms with E-state index in [9.17, 15) is 12.6 Å². The van der Waals surface area contributed by atoms with Crippen molar-refractivity contribution >= 4 is 53.8 Å². The number of para-hydroxylation sites is 2. The van der Waals surface area contributed by atoms with E-state index >= 15 is 0 Å². The molecule has 3 heterocycles. The molecular weight excluding hydrogens is 578 g/mol. The van der Waals surface area contributed by atoms with E-state index in [0.717, 1.165) is 31.6 Å². The van der Waals surface area contributed by atoms with Crippen molar-refractivity contribution < 1.29 is 22.1 Å². The average Bonchev–Trinajstić information content (AvgIpc) is 3.41. The van der Waals surface area contributed by atoms with Crippen LogP contribution in [0, 0.1) is 0 Å². The van der Waals surface area contributed by atoms with E-state index in [2.05, 4.69) is 30.8 Å². The van der Waals surface area contributed by atoms with Crippen LogP contribution in [0.25, 0.3) is 11.0 Å². The van der Waals surface area contributed by atoms with Gasteiger partial charge in [0.15, 0.2) is 16.7 Å². The fourth-order valence-electron chi connectivity index (χ4n) is 4.79. The summed E-state index contributed by atoms with van der Waals surface area (Å²) in [5.41, 5.74) is 2.64. The molecule has 1 fully saturated rings. The van der Waals surface area contributed by atoms with Crippen LogP contribution in [0.3, 0.4) is 0 Å². The zero-order chi connectivity index (χ0) is 29.9. The van der Waals surface area contributed by atoms with E-state index in [4.69, 9.17) is 14.5 Å². The van der Waals surface area contributed by atoms with Crippen LogP contribution < -0.4 is 19.5 Å². The molecule has 0 aliphatic carbocycles. The number of aromatic nitrogens is 4. The highest BCUT2D eigenvalue weighted by atomic mass is 32.2. The Morgan fingerprint density at radius 1 is 1.05 bits per heavy atom. The van der Waals surface area contributed by atoms with Crippen molar-refractivity contribution in [1.82, 2.24) is 24.4 Å². The van der Waals surface area contributed by atoms with Crippen molar-refractivity contribution in [3.05, 3.63) is 54.5 Å². The number of sulfonamides is 1. The van der Waals surface area contributed by atoms with Gasteiger partial charge in [0.05, 0.1) is 37.3 Å². The minimum Gasteiger partial charge on any atom is -0.497 e. The van der Waals surface area contributed by atoms with Gasteiger partial charge in [0, 0.05) is 55.5 Å². The molecule has 2 aromatic carbocycles. The van der Waals surface area contributed by atoms with Crippen molar-refractivity contribution in [2.24, 2.45) is 7.05 Å². The number of hydrogen-bond acceptors (Lipinski definition) is 10. The minimum atomic E-state index is -4.05. The van der Waals surface area contributed by atoms with Gasteiger partial charge in [-0.15, -0.1) is 0 Å². The number of aryl methyl sites for hydroxylation is 1. The van der Waals surface area contributed by atoms with E-state index < -0.39 is 19.5 Å². The summed E-state index contributed by atoms with van der Waals surface area (Å²) in [4.78, 5) is 15.6. The smallest absolute Gasteiger partial charge is 0.282 e. The van der Waals surface area contributed by atoms with Gasteiger partial charge >= 0.3 is 0 Å². The van der Waals surface area contributed by atoms with Gasteiger partial charge in [0.2, 0.25) is 0 Å². The number of nitrogens with zero attached hydrogens (tertiary/aromatic N) is 5. The third kappa shape index (κ3) is 6.77. The molecule has 14 heteroatoms. The van der Waals surface area contributed by atoms with E-state index in [0.29, 0.717) is 46.1 Å². The quantitative estimate of drug-likeness (QED) is 0.243. The van der Waals surface area contributed by atoms with Crippen LogP contribution >= 0.6 is 0 Å². The number of fused-ring (bicyclic) bond motifs is 1. The predicted octanol–water partition coefficient (Wildman–Crippen LogP) is 2.89. The fraction of sp³-hybridized carbons (Fsp3) is 0.357. The standard InChI is InChI=1S/C28H35N7O5S2/c1-34-18-26(29-19-34)42(37,38)33-28-27(30-22-9-5-6-10-23(22)31-28)32-24-16-20(39-2)17-25(40-3)21(24)8-7-11-35-12-14-41(4,36)15-13-35/h5-6,9-10,16-19H,4,7-8,11-15H2,1-3H3,(H,30,32)(H,31,33). The SMILES string of the molecule is C=S1(=O)CCN(CCCc2c(Nc3nc4ccccc4nc3NS(=O)(=O)c3cn(C)cn3)cc(OC)cc2OC)CC1. The van der Waals surface area contributed by atoms with Gasteiger partial charge in [-0.05, 0) is 46.9 Å². The molecule has 1 aliphatic rings. The van der Waals surface area contributed by atoms with Crippen LogP contribution in [0.5, 0.6) is 11.5 Å². The molecule has 42 heavy (non-hydrogen) atoms. The van der Waals surface area contributed by atoms with Crippen molar-refractivity contribution in [3.63, 3.8) is 0 Å². The minimum absolute atomic E-state index is 0.0252. The lowest BCUT2D eigenvalue weighted by molar-refractivity contribution is 0.295. The highest BCUT2D eigenvalue weighted by Crippen LogP contribution is 2.36. The normalized spacial score (nSPS) is 15.4. The average molecular weight is 614 g/mol. The van der Waals surface area contributed by atoms with Gasteiger partial charge in [-0.3, -0.25) is 8.93 Å². The van der Waals surface area contributed by atoms with E-state index in [1.807, 2.05) is 24.3 Å². The second kappa shape index (κ2) is 12.2. The Hall–Kier alpha value is -3.88. The summed E-state index contributed by atoms with van der Waals surface area (Å²) in [5, 5.41) is 3.18. The maximum Gasteiger partial charge on any atom is 0.282 e. The Balaban J connectivity index is 1.48. The molecule has 0 amide bonds. The van der Waals surface area contributed by atoms with Gasteiger partial charge in [0.25, 0.3) is 10.0 Å². The highest BCUT2D eigenvalue weighted by molar-refractivity contribution is 8.00. The zero-order valence-corrected chi connectivity index (χ0v) is 25.5. The van der Waals surface area contributed by atoms with Gasteiger partial charge in [0.1, 0.15) is 11.5 Å². The molecular formula is C28H35N7O5S2. The molecule has 5 rings (SSSR count). The number of anilines is 3. The number of ether oxygens (including phenoxy) is 2. The van der Waals surface area contributed by atoms with Gasteiger partial charge in [-0.25, -0.2) is 15.0 Å². The van der Waals surface area contributed by atoms with Gasteiger partial charge < -0.3 is 24.3 Å². The van der Waals surface area contributed by atoms with E-state index in [1.54, 1.807) is 38.0 Å². The molecule has 0 bridgehead atoms. The molecule has 0 spiro atoms. The molecule has 4 aromatic rings. The van der Waals surface area contributed by atoms with Gasteiger partial charge in [-0.1, -0.05) is 12.1 Å². The Morgan fingerprint density at radius 2 is 1.74 bits per heavy atom. The largest absolute Gasteiger partial charge is 0.497 e. The Morgan fingerprint density at radius 3 is 2.36 bits per heavy atom.